The van der Waals surface area contributed by atoms with Crippen LogP contribution in [-0.2, 0) is 42.9 Å². The molecule has 0 aliphatic heterocycles. The number of sulfone groups is 1. The summed E-state index contributed by atoms with van der Waals surface area (Å²) in [7, 11) is -2.87. The van der Waals surface area contributed by atoms with Crippen LogP contribution in [-0.4, -0.2) is 85.5 Å². The lowest BCUT2D eigenvalue weighted by Gasteiger charge is -2.23. The number of aromatic nitrogens is 3. The molecule has 1 heterocycles. The van der Waals surface area contributed by atoms with Crippen LogP contribution in [0, 0.1) is 6.08 Å². The van der Waals surface area contributed by atoms with Crippen molar-refractivity contribution in [2.24, 2.45) is 10.2 Å². The van der Waals surface area contributed by atoms with Gasteiger partial charge in [0.05, 0.1) is 66.7 Å². The molecule has 0 atom stereocenters. The highest BCUT2D eigenvalue weighted by molar-refractivity contribution is 7.94. The molecule has 0 saturated heterocycles. The molecule has 26 heteroatoms. The Balaban J connectivity index is 1.48. The summed E-state index contributed by atoms with van der Waals surface area (Å²) in [5.41, 5.74) is 0.911. The van der Waals surface area contributed by atoms with E-state index in [9.17, 15) is 30.9 Å². The molecule has 0 aliphatic rings. The van der Waals surface area contributed by atoms with Gasteiger partial charge in [-0.05, 0) is 60.0 Å². The average Bonchev–Trinajstić information content (AvgIpc) is 3.13. The van der Waals surface area contributed by atoms with Crippen molar-refractivity contribution in [1.82, 2.24) is 19.4 Å². The van der Waals surface area contributed by atoms with Crippen molar-refractivity contribution >= 4 is 95.4 Å². The van der Waals surface area contributed by atoms with E-state index in [4.69, 9.17) is 14.7 Å². The Labute approximate surface area is 325 Å². The van der Waals surface area contributed by atoms with E-state index in [1.165, 1.54) is 30.3 Å². The minimum absolute atomic E-state index is 0.00226. The number of nitrogens with zero attached hydrogens (tertiary/aromatic N) is 6. The van der Waals surface area contributed by atoms with Crippen molar-refractivity contribution < 1.29 is 64.3 Å². The SMILES string of the molecule is C[N+](C)(C)c1ccc(Nc2nc(F)nc(Nc3cc4c(O)c(N=Nc5ccc(S(=O)(=O)CCOSOOO)cc5)c(SOOO)cc4cc3S(=O)(=O)O)n2)cc1. The van der Waals surface area contributed by atoms with Gasteiger partial charge in [-0.25, -0.2) is 18.9 Å². The van der Waals surface area contributed by atoms with Crippen LogP contribution in [0.4, 0.5) is 44.7 Å². The van der Waals surface area contributed by atoms with Gasteiger partial charge in [0.1, 0.15) is 16.3 Å². The number of nitrogens with one attached hydrogen (secondary N) is 2. The maximum Gasteiger partial charge on any atom is 0.315 e. The first-order valence-corrected chi connectivity index (χ1v) is 19.8. The average molecular weight is 858 g/mol. The van der Waals surface area contributed by atoms with E-state index in [1.807, 2.05) is 33.3 Å². The number of azo groups is 1. The van der Waals surface area contributed by atoms with Crippen molar-refractivity contribution in [3.63, 3.8) is 0 Å². The first kappa shape index (κ1) is 42.5. The van der Waals surface area contributed by atoms with E-state index in [0.29, 0.717) is 22.2 Å². The maximum atomic E-state index is 14.6. The van der Waals surface area contributed by atoms with Crippen LogP contribution in [0.15, 0.2) is 91.6 Å². The number of fused-ring (bicyclic) bond motifs is 1. The van der Waals surface area contributed by atoms with Gasteiger partial charge in [-0.3, -0.25) is 13.2 Å². The second-order valence-corrected chi connectivity index (χ2v) is 16.7. The first-order chi connectivity index (χ1) is 26.5. The number of quaternary nitrogens is 1. The minimum Gasteiger partial charge on any atom is -0.505 e. The monoisotopic (exact) mass is 857 g/mol. The lowest BCUT2D eigenvalue weighted by Crippen LogP contribution is -2.34. The van der Waals surface area contributed by atoms with Gasteiger partial charge in [-0.1, -0.05) is 10.1 Å². The molecular formula is C30H30FN8O13S4+. The molecule has 21 nitrogen and oxygen atoms in total. The summed E-state index contributed by atoms with van der Waals surface area (Å²) in [6, 6.07) is 15.6. The topological polar surface area (TPSA) is 283 Å². The van der Waals surface area contributed by atoms with Crippen molar-refractivity contribution in [2.75, 3.05) is 44.1 Å². The molecule has 0 aliphatic carbocycles. The fourth-order valence-electron chi connectivity index (χ4n) is 4.76. The summed E-state index contributed by atoms with van der Waals surface area (Å²) in [5, 5.41) is 48.7. The standard InChI is InChI=1S/C30H29FN8O13S4/c1-39(2,3)20-8-4-18(5-9-20)32-29-34-28(31)35-30(36-29)33-23-16-22-17(15-25(23)56(45,46)47)14-24(53-51-49-41)26(27(22)40)38-37-19-6-10-21(11-7-19)55(43,44)13-12-48-54-52-50-42/h4-11,14-16H,12-13H2,1-3H3,(H5-,32,33,34,35,36,37,38,40,41,42,45,46,47)/p+1. The number of hydrogen-bond donors (Lipinski definition) is 6. The van der Waals surface area contributed by atoms with E-state index in [0.717, 1.165) is 17.8 Å². The van der Waals surface area contributed by atoms with Crippen molar-refractivity contribution in [3.05, 3.63) is 72.8 Å². The summed E-state index contributed by atoms with van der Waals surface area (Å²) < 4.78 is 88.9. The van der Waals surface area contributed by atoms with Gasteiger partial charge >= 0.3 is 6.08 Å². The molecule has 6 N–H and O–H groups in total. The summed E-state index contributed by atoms with van der Waals surface area (Å²) in [6.07, 6.45) is -1.24. The maximum absolute atomic E-state index is 14.6. The fraction of sp³-hybridized carbons (Fsp3) is 0.167. The third-order valence-electron chi connectivity index (χ3n) is 7.34. The molecule has 0 unspecified atom stereocenters. The van der Waals surface area contributed by atoms with Gasteiger partial charge in [-0.2, -0.15) is 32.9 Å². The van der Waals surface area contributed by atoms with Crippen LogP contribution in [0.1, 0.15) is 0 Å². The summed E-state index contributed by atoms with van der Waals surface area (Å²) in [5.74, 6) is -1.79. The van der Waals surface area contributed by atoms with E-state index >= 15 is 0 Å². The third kappa shape index (κ3) is 11.0. The Morgan fingerprint density at radius 2 is 1.52 bits per heavy atom. The van der Waals surface area contributed by atoms with Gasteiger partial charge in [0.15, 0.2) is 27.9 Å². The Bertz CT molecular complexity index is 2440. The van der Waals surface area contributed by atoms with Crippen molar-refractivity contribution in [1.29, 1.82) is 0 Å². The Kier molecular flexibility index (Phi) is 13.7. The Morgan fingerprint density at radius 3 is 2.14 bits per heavy atom. The molecule has 0 saturated carbocycles. The number of halogens is 1. The van der Waals surface area contributed by atoms with Gasteiger partial charge in [0, 0.05) is 23.2 Å². The number of aromatic hydroxyl groups is 1. The number of anilines is 4. The molecule has 0 fully saturated rings. The molecule has 4 aromatic carbocycles. The molecule has 0 radical (unpaired) electrons. The normalized spacial score (nSPS) is 12.4. The second-order valence-electron chi connectivity index (χ2n) is 11.9. The first-order valence-electron chi connectivity index (χ1n) is 15.3. The lowest BCUT2D eigenvalue weighted by atomic mass is 10.1. The molecule has 1 aromatic heterocycles. The fourth-order valence-corrected chi connectivity index (χ4v) is 7.33. The van der Waals surface area contributed by atoms with E-state index < -0.39 is 54.1 Å². The molecule has 0 bridgehead atoms. The molecule has 0 amide bonds. The quantitative estimate of drug-likeness (QED) is 0.0105. The summed E-state index contributed by atoms with van der Waals surface area (Å²) in [4.78, 5) is 10.4. The van der Waals surface area contributed by atoms with Crippen LogP contribution in [0.25, 0.3) is 10.8 Å². The highest BCUT2D eigenvalue weighted by atomic mass is 32.2. The molecule has 5 rings (SSSR count). The minimum atomic E-state index is -4.99. The smallest absolute Gasteiger partial charge is 0.315 e. The molecule has 0 spiro atoms. The summed E-state index contributed by atoms with van der Waals surface area (Å²) in [6.45, 7) is -0.306. The number of phenolic OH excluding ortho intramolecular Hbond substituents is 1. The van der Waals surface area contributed by atoms with Gasteiger partial charge in [0.25, 0.3) is 10.1 Å². The van der Waals surface area contributed by atoms with Crippen LogP contribution < -0.4 is 15.1 Å². The van der Waals surface area contributed by atoms with Gasteiger partial charge in [-0.15, -0.1) is 13.8 Å². The molecular weight excluding hydrogens is 828 g/mol. The predicted octanol–water partition coefficient (Wildman–Crippen LogP) is 6.42. The van der Waals surface area contributed by atoms with Crippen LogP contribution in [0.3, 0.4) is 0 Å². The number of phenols is 1. The highest BCUT2D eigenvalue weighted by Gasteiger charge is 2.23. The van der Waals surface area contributed by atoms with E-state index in [-0.39, 0.29) is 56.8 Å². The molecule has 298 valence electrons. The number of hydrogen-bond acceptors (Lipinski definition) is 21. The predicted molar refractivity (Wildman–Crippen MR) is 199 cm³/mol. The zero-order chi connectivity index (χ0) is 40.7. The molecule has 56 heavy (non-hydrogen) atoms. The zero-order valence-electron chi connectivity index (χ0n) is 28.9. The van der Waals surface area contributed by atoms with E-state index in [1.54, 1.807) is 12.1 Å². The third-order valence-corrected chi connectivity index (χ3v) is 10.9. The van der Waals surface area contributed by atoms with Crippen LogP contribution in [0.2, 0.25) is 0 Å². The van der Waals surface area contributed by atoms with Crippen LogP contribution >= 0.6 is 24.4 Å². The molecule has 5 aromatic rings. The Hall–Kier alpha value is -4.68. The Morgan fingerprint density at radius 1 is 0.857 bits per heavy atom. The number of benzene rings is 4. The van der Waals surface area contributed by atoms with Crippen molar-refractivity contribution in [2.45, 2.75) is 14.7 Å². The van der Waals surface area contributed by atoms with Crippen molar-refractivity contribution in [3.8, 4) is 5.75 Å². The van der Waals surface area contributed by atoms with E-state index in [2.05, 4.69) is 54.6 Å². The lowest BCUT2D eigenvalue weighted by molar-refractivity contribution is -0.434. The highest BCUT2D eigenvalue weighted by Crippen LogP contribution is 2.46. The van der Waals surface area contributed by atoms with Gasteiger partial charge < -0.3 is 15.7 Å². The second kappa shape index (κ2) is 18.1. The summed E-state index contributed by atoms with van der Waals surface area (Å²) >= 11 is 0.567. The number of rotatable bonds is 18. The van der Waals surface area contributed by atoms with Crippen LogP contribution in [0.5, 0.6) is 5.75 Å². The zero-order valence-corrected chi connectivity index (χ0v) is 32.2. The van der Waals surface area contributed by atoms with Gasteiger partial charge in [0.2, 0.25) is 11.9 Å². The largest absolute Gasteiger partial charge is 0.505 e.